The maximum absolute atomic E-state index is 11.4. The Morgan fingerprint density at radius 3 is 2.94 bits per heavy atom. The van der Waals surface area contributed by atoms with E-state index in [-0.39, 0.29) is 5.76 Å². The van der Waals surface area contributed by atoms with Crippen LogP contribution in [0.3, 0.4) is 0 Å². The normalized spacial score (nSPS) is 10.5. The van der Waals surface area contributed by atoms with Crippen LogP contribution >= 0.6 is 0 Å². The van der Waals surface area contributed by atoms with Crippen LogP contribution in [-0.4, -0.2) is 15.7 Å². The zero-order valence-corrected chi connectivity index (χ0v) is 9.73. The van der Waals surface area contributed by atoms with E-state index in [1.54, 1.807) is 6.07 Å². The van der Waals surface area contributed by atoms with Gasteiger partial charge in [0.15, 0.2) is 5.76 Å². The number of furan rings is 1. The number of hydrazine groups is 1. The molecular formula is C11H14N4O2. The molecular weight excluding hydrogens is 220 g/mol. The molecule has 6 nitrogen and oxygen atoms in total. The van der Waals surface area contributed by atoms with Crippen LogP contribution in [0, 0.1) is 13.8 Å². The second-order valence-electron chi connectivity index (χ2n) is 3.83. The van der Waals surface area contributed by atoms with Gasteiger partial charge in [-0.3, -0.25) is 14.9 Å². The van der Waals surface area contributed by atoms with Crippen molar-refractivity contribution >= 4 is 5.91 Å². The Bertz CT molecular complexity index is 541. The van der Waals surface area contributed by atoms with Gasteiger partial charge in [0, 0.05) is 11.3 Å². The van der Waals surface area contributed by atoms with E-state index in [9.17, 15) is 4.79 Å². The van der Waals surface area contributed by atoms with Crippen LogP contribution in [0.4, 0.5) is 0 Å². The molecule has 90 valence electrons. The van der Waals surface area contributed by atoms with Crippen molar-refractivity contribution in [2.24, 2.45) is 5.84 Å². The molecule has 0 aliphatic rings. The summed E-state index contributed by atoms with van der Waals surface area (Å²) in [6.45, 7) is 4.37. The van der Waals surface area contributed by atoms with Crippen molar-refractivity contribution in [1.82, 2.24) is 15.2 Å². The van der Waals surface area contributed by atoms with Crippen LogP contribution in [0.25, 0.3) is 0 Å². The molecule has 2 rings (SSSR count). The number of hydrogen-bond donors (Lipinski definition) is 2. The number of rotatable bonds is 3. The van der Waals surface area contributed by atoms with Crippen LogP contribution in [-0.2, 0) is 6.54 Å². The fraction of sp³-hybridized carbons (Fsp3) is 0.273. The first-order valence-electron chi connectivity index (χ1n) is 5.20. The molecule has 0 saturated carbocycles. The lowest BCUT2D eigenvalue weighted by atomic mass is 10.2. The number of hydrogen-bond acceptors (Lipinski definition) is 4. The van der Waals surface area contributed by atoms with Gasteiger partial charge >= 0.3 is 5.91 Å². The van der Waals surface area contributed by atoms with Crippen molar-refractivity contribution in [3.8, 4) is 0 Å². The number of nitrogens with zero attached hydrogens (tertiary/aromatic N) is 2. The van der Waals surface area contributed by atoms with Crippen molar-refractivity contribution in [2.45, 2.75) is 20.4 Å². The molecule has 0 saturated heterocycles. The van der Waals surface area contributed by atoms with E-state index in [4.69, 9.17) is 10.3 Å². The third-order valence-corrected chi connectivity index (χ3v) is 2.51. The van der Waals surface area contributed by atoms with Gasteiger partial charge in [0.1, 0.15) is 0 Å². The number of nitrogen functional groups attached to an aromatic ring is 1. The second-order valence-corrected chi connectivity index (χ2v) is 3.83. The number of carbonyl (C=O) groups is 1. The van der Waals surface area contributed by atoms with Gasteiger partial charge in [-0.25, -0.2) is 5.84 Å². The molecule has 0 aliphatic carbocycles. The summed E-state index contributed by atoms with van der Waals surface area (Å²) in [4.78, 5) is 11.4. The number of carbonyl (C=O) groups excluding carboxylic acids is 1. The average molecular weight is 234 g/mol. The SMILES string of the molecule is Cc1cc(C)n(Cc2ccoc2C(=O)NN)n1. The van der Waals surface area contributed by atoms with Crippen LogP contribution in [0.1, 0.15) is 27.5 Å². The molecule has 2 aromatic heterocycles. The highest BCUT2D eigenvalue weighted by atomic mass is 16.3. The highest BCUT2D eigenvalue weighted by Crippen LogP contribution is 2.13. The lowest BCUT2D eigenvalue weighted by Gasteiger charge is -2.04. The summed E-state index contributed by atoms with van der Waals surface area (Å²) in [6, 6.07) is 3.71. The van der Waals surface area contributed by atoms with E-state index >= 15 is 0 Å². The predicted octanol–water partition coefficient (Wildman–Crippen LogP) is 0.745. The summed E-state index contributed by atoms with van der Waals surface area (Å²) >= 11 is 0. The molecule has 17 heavy (non-hydrogen) atoms. The summed E-state index contributed by atoms with van der Waals surface area (Å²) < 4.78 is 6.92. The fourth-order valence-corrected chi connectivity index (χ4v) is 1.72. The quantitative estimate of drug-likeness (QED) is 0.466. The van der Waals surface area contributed by atoms with Gasteiger partial charge < -0.3 is 4.42 Å². The third-order valence-electron chi connectivity index (χ3n) is 2.51. The molecule has 0 unspecified atom stereocenters. The van der Waals surface area contributed by atoms with Crippen LogP contribution < -0.4 is 11.3 Å². The molecule has 0 aromatic carbocycles. The van der Waals surface area contributed by atoms with Crippen LogP contribution in [0.15, 0.2) is 22.8 Å². The number of aromatic nitrogens is 2. The number of aryl methyl sites for hydroxylation is 2. The number of nitrogens with two attached hydrogens (primary N) is 1. The largest absolute Gasteiger partial charge is 0.459 e. The Morgan fingerprint density at radius 2 is 2.35 bits per heavy atom. The van der Waals surface area contributed by atoms with E-state index in [0.717, 1.165) is 17.0 Å². The summed E-state index contributed by atoms with van der Waals surface area (Å²) in [5.74, 6) is 4.86. The zero-order valence-electron chi connectivity index (χ0n) is 9.73. The topological polar surface area (TPSA) is 86.1 Å². The van der Waals surface area contributed by atoms with Gasteiger partial charge in [0.2, 0.25) is 0 Å². The van der Waals surface area contributed by atoms with Crippen molar-refractivity contribution in [3.63, 3.8) is 0 Å². The van der Waals surface area contributed by atoms with Gasteiger partial charge in [-0.05, 0) is 26.0 Å². The first kappa shape index (κ1) is 11.4. The van der Waals surface area contributed by atoms with Crippen LogP contribution in [0.5, 0.6) is 0 Å². The van der Waals surface area contributed by atoms with Gasteiger partial charge in [0.05, 0.1) is 18.5 Å². The first-order valence-corrected chi connectivity index (χ1v) is 5.20. The monoisotopic (exact) mass is 234 g/mol. The van der Waals surface area contributed by atoms with Crippen LogP contribution in [0.2, 0.25) is 0 Å². The molecule has 2 heterocycles. The first-order chi connectivity index (χ1) is 8.11. The van der Waals surface area contributed by atoms with Gasteiger partial charge in [0.25, 0.3) is 0 Å². The second kappa shape index (κ2) is 4.42. The lowest BCUT2D eigenvalue weighted by Crippen LogP contribution is -2.30. The summed E-state index contributed by atoms with van der Waals surface area (Å²) in [5.41, 5.74) is 4.77. The fourth-order valence-electron chi connectivity index (χ4n) is 1.72. The van der Waals surface area contributed by atoms with E-state index in [1.165, 1.54) is 6.26 Å². The van der Waals surface area contributed by atoms with E-state index in [1.807, 2.05) is 24.6 Å². The minimum absolute atomic E-state index is 0.222. The number of nitrogens with one attached hydrogen (secondary N) is 1. The number of amides is 1. The Labute approximate surface area is 98.4 Å². The highest BCUT2D eigenvalue weighted by molar-refractivity contribution is 5.92. The minimum atomic E-state index is -0.438. The molecule has 0 bridgehead atoms. The Kier molecular flexibility index (Phi) is 2.97. The molecule has 0 fully saturated rings. The maximum Gasteiger partial charge on any atom is 0.301 e. The van der Waals surface area contributed by atoms with E-state index in [0.29, 0.717) is 6.54 Å². The van der Waals surface area contributed by atoms with Crippen molar-refractivity contribution in [1.29, 1.82) is 0 Å². The van der Waals surface area contributed by atoms with Gasteiger partial charge in [-0.2, -0.15) is 5.10 Å². The van der Waals surface area contributed by atoms with Gasteiger partial charge in [-0.1, -0.05) is 0 Å². The molecule has 0 aliphatic heterocycles. The maximum atomic E-state index is 11.4. The molecule has 0 radical (unpaired) electrons. The van der Waals surface area contributed by atoms with Gasteiger partial charge in [-0.15, -0.1) is 0 Å². The molecule has 1 amide bonds. The smallest absolute Gasteiger partial charge is 0.301 e. The van der Waals surface area contributed by atoms with E-state index in [2.05, 4.69) is 10.5 Å². The predicted molar refractivity (Wildman–Crippen MR) is 61.2 cm³/mol. The van der Waals surface area contributed by atoms with Crippen molar-refractivity contribution in [2.75, 3.05) is 0 Å². The Morgan fingerprint density at radius 1 is 1.59 bits per heavy atom. The summed E-state index contributed by atoms with van der Waals surface area (Å²) in [7, 11) is 0. The van der Waals surface area contributed by atoms with Crippen molar-refractivity contribution < 1.29 is 9.21 Å². The molecule has 2 aromatic rings. The lowest BCUT2D eigenvalue weighted by molar-refractivity contribution is 0.0924. The Balaban J connectivity index is 2.27. The summed E-state index contributed by atoms with van der Waals surface area (Å²) in [5, 5.41) is 4.32. The zero-order chi connectivity index (χ0) is 12.4. The molecule has 3 N–H and O–H groups in total. The molecule has 6 heteroatoms. The minimum Gasteiger partial charge on any atom is -0.459 e. The van der Waals surface area contributed by atoms with E-state index < -0.39 is 5.91 Å². The molecule has 0 atom stereocenters. The third kappa shape index (κ3) is 2.21. The average Bonchev–Trinajstić information content (AvgIpc) is 2.86. The Hall–Kier alpha value is -2.08. The molecule has 0 spiro atoms. The van der Waals surface area contributed by atoms with Crippen molar-refractivity contribution in [3.05, 3.63) is 41.1 Å². The summed E-state index contributed by atoms with van der Waals surface area (Å²) in [6.07, 6.45) is 1.46. The highest BCUT2D eigenvalue weighted by Gasteiger charge is 2.15. The standard InChI is InChI=1S/C11H14N4O2/c1-7-5-8(2)15(14-7)6-9-3-4-17-10(9)11(16)13-12/h3-5H,6,12H2,1-2H3,(H,13,16).